The van der Waals surface area contributed by atoms with Gasteiger partial charge in [0, 0.05) is 5.56 Å². The van der Waals surface area contributed by atoms with Gasteiger partial charge in [0.15, 0.2) is 0 Å². The Balaban J connectivity index is 1.98. The molecule has 2 aliphatic rings. The number of carbonyl (C=O) groups is 3. The Bertz CT molecular complexity index is 552. The molecule has 0 bridgehead atoms. The van der Waals surface area contributed by atoms with Crippen LogP contribution in [0.5, 0.6) is 0 Å². The number of nitrogens with zero attached hydrogens (tertiary/aromatic N) is 1. The number of imide groups is 1. The summed E-state index contributed by atoms with van der Waals surface area (Å²) in [6.07, 6.45) is 0.708. The van der Waals surface area contributed by atoms with Crippen LogP contribution in [0.2, 0.25) is 0 Å². The number of rotatable bonds is 2. The van der Waals surface area contributed by atoms with Gasteiger partial charge in [0.1, 0.15) is 6.29 Å². The first-order chi connectivity index (χ1) is 8.48. The molecule has 4 nitrogen and oxygen atoms in total. The van der Waals surface area contributed by atoms with E-state index >= 15 is 0 Å². The lowest BCUT2D eigenvalue weighted by atomic mass is 10.0. The first-order valence-electron chi connectivity index (χ1n) is 5.91. The summed E-state index contributed by atoms with van der Waals surface area (Å²) in [4.78, 5) is 36.3. The van der Waals surface area contributed by atoms with Crippen LogP contribution in [-0.4, -0.2) is 18.1 Å². The average molecular weight is 243 g/mol. The van der Waals surface area contributed by atoms with Crippen LogP contribution in [0.1, 0.15) is 24.2 Å². The fraction of sp³-hybridized carbons (Fsp3) is 0.357. The third-order valence-corrected chi connectivity index (χ3v) is 4.06. The third kappa shape index (κ3) is 1.23. The zero-order chi connectivity index (χ0) is 13.1. The molecule has 1 aromatic carbocycles. The number of hydrogen-bond donors (Lipinski definition) is 0. The quantitative estimate of drug-likeness (QED) is 0.586. The van der Waals surface area contributed by atoms with Crippen LogP contribution >= 0.6 is 0 Å². The molecule has 2 amide bonds. The maximum absolute atomic E-state index is 12.2. The molecule has 1 heterocycles. The highest BCUT2D eigenvalue weighted by Gasteiger charge is 2.72. The molecule has 1 saturated heterocycles. The minimum Gasteiger partial charge on any atom is -0.298 e. The molecule has 0 N–H and O–H groups in total. The largest absolute Gasteiger partial charge is 0.298 e. The molecule has 92 valence electrons. The monoisotopic (exact) mass is 243 g/mol. The zero-order valence-corrected chi connectivity index (χ0v) is 10.2. The molecule has 4 heteroatoms. The minimum absolute atomic E-state index is 0.141. The van der Waals surface area contributed by atoms with E-state index in [9.17, 15) is 14.4 Å². The van der Waals surface area contributed by atoms with E-state index in [0.717, 1.165) is 0 Å². The van der Waals surface area contributed by atoms with Crippen LogP contribution < -0.4 is 4.90 Å². The van der Waals surface area contributed by atoms with Crippen molar-refractivity contribution in [3.05, 3.63) is 29.8 Å². The van der Waals surface area contributed by atoms with E-state index in [2.05, 4.69) is 0 Å². The van der Waals surface area contributed by atoms with Crippen molar-refractivity contribution in [1.82, 2.24) is 0 Å². The lowest BCUT2D eigenvalue weighted by molar-refractivity contribution is -0.125. The number of fused-ring (bicyclic) bond motifs is 1. The molecule has 1 aliphatic carbocycles. The summed E-state index contributed by atoms with van der Waals surface area (Å²) in [6.45, 7) is 3.88. The lowest BCUT2D eigenvalue weighted by Crippen LogP contribution is -2.36. The number of anilines is 1. The van der Waals surface area contributed by atoms with E-state index in [1.165, 1.54) is 4.90 Å². The molecule has 2 atom stereocenters. The van der Waals surface area contributed by atoms with Gasteiger partial charge in [0.25, 0.3) is 0 Å². The predicted molar refractivity (Wildman–Crippen MR) is 65.1 cm³/mol. The molecule has 18 heavy (non-hydrogen) atoms. The molecule has 2 fully saturated rings. The van der Waals surface area contributed by atoms with Gasteiger partial charge in [-0.1, -0.05) is 26.0 Å². The van der Waals surface area contributed by atoms with Gasteiger partial charge in [0.05, 0.1) is 17.5 Å². The van der Waals surface area contributed by atoms with Crippen LogP contribution in [0.4, 0.5) is 5.69 Å². The summed E-state index contributed by atoms with van der Waals surface area (Å²) in [5.74, 6) is -0.661. The molecule has 3 rings (SSSR count). The summed E-state index contributed by atoms with van der Waals surface area (Å²) in [5.41, 5.74) is 0.762. The molecule has 0 radical (unpaired) electrons. The second-order valence-corrected chi connectivity index (χ2v) is 5.50. The minimum atomic E-state index is -0.201. The van der Waals surface area contributed by atoms with Gasteiger partial charge in [0.2, 0.25) is 11.8 Å². The van der Waals surface area contributed by atoms with E-state index in [1.54, 1.807) is 24.3 Å². The smallest absolute Gasteiger partial charge is 0.238 e. The molecule has 1 aliphatic heterocycles. The maximum atomic E-state index is 12.2. The summed E-state index contributed by atoms with van der Waals surface area (Å²) in [7, 11) is 0. The first kappa shape index (κ1) is 11.1. The second-order valence-electron chi connectivity index (χ2n) is 5.50. The Hall–Kier alpha value is -1.97. The number of hydrogen-bond acceptors (Lipinski definition) is 3. The highest BCUT2D eigenvalue weighted by Crippen LogP contribution is 2.63. The highest BCUT2D eigenvalue weighted by molar-refractivity contribution is 6.25. The second kappa shape index (κ2) is 3.28. The van der Waals surface area contributed by atoms with Crippen LogP contribution in [0.3, 0.4) is 0 Å². The standard InChI is InChI=1S/C14H13NO3/c1-14(2)10-11(14)13(18)15(12(10)17)9-5-3-4-8(6-9)7-16/h3-7,10-11H,1-2H3. The van der Waals surface area contributed by atoms with Crippen molar-refractivity contribution >= 4 is 23.8 Å². The molecule has 1 saturated carbocycles. The molecule has 2 unspecified atom stereocenters. The van der Waals surface area contributed by atoms with E-state index in [1.807, 2.05) is 13.8 Å². The summed E-state index contributed by atoms with van der Waals surface area (Å²) < 4.78 is 0. The maximum Gasteiger partial charge on any atom is 0.238 e. The van der Waals surface area contributed by atoms with E-state index < -0.39 is 0 Å². The van der Waals surface area contributed by atoms with Crippen LogP contribution in [-0.2, 0) is 9.59 Å². The number of benzene rings is 1. The van der Waals surface area contributed by atoms with Crippen molar-refractivity contribution in [2.45, 2.75) is 13.8 Å². The predicted octanol–water partition coefficient (Wildman–Crippen LogP) is 1.64. The van der Waals surface area contributed by atoms with Gasteiger partial charge in [-0.05, 0) is 17.5 Å². The van der Waals surface area contributed by atoms with Crippen molar-refractivity contribution < 1.29 is 14.4 Å². The Kier molecular flexibility index (Phi) is 2.03. The van der Waals surface area contributed by atoms with Crippen molar-refractivity contribution in [2.75, 3.05) is 4.90 Å². The molecular weight excluding hydrogens is 230 g/mol. The van der Waals surface area contributed by atoms with Crippen molar-refractivity contribution in [2.24, 2.45) is 17.3 Å². The number of amides is 2. The first-order valence-corrected chi connectivity index (χ1v) is 5.91. The van der Waals surface area contributed by atoms with Crippen molar-refractivity contribution in [3.63, 3.8) is 0 Å². The fourth-order valence-corrected chi connectivity index (χ4v) is 2.94. The molecular formula is C14H13NO3. The summed E-state index contributed by atoms with van der Waals surface area (Å²) >= 11 is 0. The summed E-state index contributed by atoms with van der Waals surface area (Å²) in [5, 5.41) is 0. The van der Waals surface area contributed by atoms with Gasteiger partial charge in [-0.15, -0.1) is 0 Å². The van der Waals surface area contributed by atoms with Crippen LogP contribution in [0.25, 0.3) is 0 Å². The summed E-state index contributed by atoms with van der Waals surface area (Å²) in [6, 6.07) is 6.57. The van der Waals surface area contributed by atoms with E-state index in [4.69, 9.17) is 0 Å². The average Bonchev–Trinajstić information content (AvgIpc) is 2.79. The third-order valence-electron chi connectivity index (χ3n) is 4.06. The number of carbonyl (C=O) groups excluding carboxylic acids is 3. The molecule has 0 spiro atoms. The van der Waals surface area contributed by atoms with Gasteiger partial charge in [-0.25, -0.2) is 4.90 Å². The van der Waals surface area contributed by atoms with Gasteiger partial charge in [-0.2, -0.15) is 0 Å². The van der Waals surface area contributed by atoms with E-state index in [0.29, 0.717) is 17.5 Å². The van der Waals surface area contributed by atoms with Gasteiger partial charge < -0.3 is 0 Å². The van der Waals surface area contributed by atoms with Crippen molar-refractivity contribution in [3.8, 4) is 0 Å². The zero-order valence-electron chi connectivity index (χ0n) is 10.2. The van der Waals surface area contributed by atoms with Gasteiger partial charge in [-0.3, -0.25) is 14.4 Å². The molecule has 0 aromatic heterocycles. The van der Waals surface area contributed by atoms with E-state index in [-0.39, 0.29) is 29.1 Å². The SMILES string of the molecule is CC1(C)C2C(=O)N(c3cccc(C=O)c3)C(=O)C21. The lowest BCUT2D eigenvalue weighted by Gasteiger charge is -2.20. The van der Waals surface area contributed by atoms with Gasteiger partial charge >= 0.3 is 0 Å². The highest BCUT2D eigenvalue weighted by atomic mass is 16.2. The van der Waals surface area contributed by atoms with Crippen molar-refractivity contribution in [1.29, 1.82) is 0 Å². The Morgan fingerprint density at radius 3 is 2.33 bits per heavy atom. The Labute approximate surface area is 105 Å². The van der Waals surface area contributed by atoms with Crippen LogP contribution in [0.15, 0.2) is 24.3 Å². The Morgan fingerprint density at radius 1 is 1.17 bits per heavy atom. The topological polar surface area (TPSA) is 54.5 Å². The fourth-order valence-electron chi connectivity index (χ4n) is 2.94. The number of piperidine rings is 1. The number of aldehydes is 1. The normalized spacial score (nSPS) is 28.2. The van der Waals surface area contributed by atoms with Crippen LogP contribution in [0, 0.1) is 17.3 Å². The molecule has 1 aromatic rings. The Morgan fingerprint density at radius 2 is 1.78 bits per heavy atom.